The van der Waals surface area contributed by atoms with E-state index in [9.17, 15) is 9.59 Å². The summed E-state index contributed by atoms with van der Waals surface area (Å²) in [6, 6.07) is 4.33. The summed E-state index contributed by atoms with van der Waals surface area (Å²) in [5.41, 5.74) is 2.15. The van der Waals surface area contributed by atoms with E-state index in [0.717, 1.165) is 31.4 Å². The number of nitrogens with zero attached hydrogens (tertiary/aromatic N) is 1. The molecule has 1 N–H and O–H groups in total. The molecule has 1 aromatic rings. The van der Waals surface area contributed by atoms with Gasteiger partial charge in [0.05, 0.1) is 0 Å². The first kappa shape index (κ1) is 16.1. The van der Waals surface area contributed by atoms with Crippen LogP contribution in [0.15, 0.2) is 12.1 Å². The summed E-state index contributed by atoms with van der Waals surface area (Å²) in [5.74, 6) is 1.68. The number of hydrogen-bond acceptors (Lipinski definition) is 5. The lowest BCUT2D eigenvalue weighted by Crippen LogP contribution is -2.65. The highest BCUT2D eigenvalue weighted by Gasteiger charge is 2.65. The van der Waals surface area contributed by atoms with E-state index >= 15 is 0 Å². The minimum absolute atomic E-state index is 0.192. The second kappa shape index (κ2) is 5.46. The fourth-order valence-corrected chi connectivity index (χ4v) is 5.87. The molecule has 138 valence electrons. The molecule has 0 unspecified atom stereocenters. The Kier molecular flexibility index (Phi) is 3.38. The number of nitrogens with one attached hydrogen (secondary N) is 1. The quantitative estimate of drug-likeness (QED) is 0.878. The van der Waals surface area contributed by atoms with Crippen LogP contribution >= 0.6 is 0 Å². The smallest absolute Gasteiger partial charge is 0.412 e. The first-order chi connectivity index (χ1) is 12.6. The van der Waals surface area contributed by atoms with Crippen molar-refractivity contribution in [3.05, 3.63) is 23.3 Å². The van der Waals surface area contributed by atoms with Gasteiger partial charge in [-0.1, -0.05) is 6.07 Å². The molecule has 0 aromatic heterocycles. The van der Waals surface area contributed by atoms with Crippen LogP contribution in [0.25, 0.3) is 0 Å². The summed E-state index contributed by atoms with van der Waals surface area (Å²) >= 11 is 0. The normalized spacial score (nSPS) is 34.1. The zero-order valence-corrected chi connectivity index (χ0v) is 15.2. The Labute approximate surface area is 152 Å². The molecule has 2 bridgehead atoms. The van der Waals surface area contributed by atoms with Gasteiger partial charge in [-0.2, -0.15) is 0 Å². The number of benzene rings is 1. The average molecular weight is 356 g/mol. The topological polar surface area (TPSA) is 67.9 Å². The van der Waals surface area contributed by atoms with Crippen LogP contribution in [0.2, 0.25) is 0 Å². The Morgan fingerprint density at radius 1 is 1.46 bits per heavy atom. The van der Waals surface area contributed by atoms with Gasteiger partial charge in [0.1, 0.15) is 0 Å². The van der Waals surface area contributed by atoms with Crippen LogP contribution in [0, 0.1) is 5.92 Å². The van der Waals surface area contributed by atoms with Gasteiger partial charge in [0.25, 0.3) is 0 Å². The number of piperidine rings is 1. The monoisotopic (exact) mass is 356 g/mol. The van der Waals surface area contributed by atoms with Crippen LogP contribution in [0.1, 0.15) is 37.3 Å². The maximum absolute atomic E-state index is 12.8. The number of amides is 1. The molecule has 2 heterocycles. The van der Waals surface area contributed by atoms with E-state index in [-0.39, 0.29) is 11.2 Å². The lowest BCUT2D eigenvalue weighted by atomic mass is 9.52. The van der Waals surface area contributed by atoms with Crippen molar-refractivity contribution >= 4 is 11.9 Å². The number of rotatable bonds is 2. The van der Waals surface area contributed by atoms with Gasteiger partial charge in [-0.25, -0.2) is 4.79 Å². The van der Waals surface area contributed by atoms with Gasteiger partial charge < -0.3 is 19.7 Å². The van der Waals surface area contributed by atoms with Crippen LogP contribution in [-0.2, 0) is 16.6 Å². The first-order valence-electron chi connectivity index (χ1n) is 9.58. The number of ether oxygens (including phenoxy) is 2. The van der Waals surface area contributed by atoms with Gasteiger partial charge in [0.2, 0.25) is 0 Å². The molecule has 1 saturated carbocycles. The molecule has 1 saturated heterocycles. The SMILES string of the molecule is CCNC(=O)Oc1ccc2c3c1O[C@H]1C(=O)CC[C@H]4[C@@H](C2)N(C)CC[C@]314. The Bertz CT molecular complexity index is 807. The van der Waals surface area contributed by atoms with Crippen LogP contribution in [0.5, 0.6) is 11.5 Å². The first-order valence-corrected chi connectivity index (χ1v) is 9.58. The molecule has 1 spiro atoms. The van der Waals surface area contributed by atoms with E-state index in [1.54, 1.807) is 0 Å². The zero-order chi connectivity index (χ0) is 18.1. The highest BCUT2D eigenvalue weighted by Crippen LogP contribution is 2.63. The number of hydrogen-bond donors (Lipinski definition) is 1. The largest absolute Gasteiger partial charge is 0.477 e. The molecule has 2 aliphatic heterocycles. The zero-order valence-electron chi connectivity index (χ0n) is 15.2. The van der Waals surface area contributed by atoms with Crippen LogP contribution < -0.4 is 14.8 Å². The maximum atomic E-state index is 12.8. The van der Waals surface area contributed by atoms with Crippen LogP contribution in [-0.4, -0.2) is 49.1 Å². The molecule has 6 nitrogen and oxygen atoms in total. The van der Waals surface area contributed by atoms with Gasteiger partial charge in [-0.3, -0.25) is 4.79 Å². The minimum Gasteiger partial charge on any atom is -0.477 e. The number of ketones is 1. The standard InChI is InChI=1S/C20H24N2O4/c1-3-21-19(24)25-15-7-4-11-10-13-12-5-6-14(23)18-20(12,8-9-22(13)2)16(11)17(15)26-18/h4,7,12-13,18H,3,5-6,8-10H2,1-2H3,(H,21,24)/t12-,13+,18-,20-/m0/s1. The highest BCUT2D eigenvalue weighted by molar-refractivity contribution is 5.89. The fourth-order valence-electron chi connectivity index (χ4n) is 5.87. The fraction of sp³-hybridized carbons (Fsp3) is 0.600. The Hall–Kier alpha value is -2.08. The van der Waals surface area contributed by atoms with E-state index < -0.39 is 12.2 Å². The molecule has 0 radical (unpaired) electrons. The number of Topliss-reactive ketones (excluding diaryl/α,β-unsaturated/α-hetero) is 1. The van der Waals surface area contributed by atoms with Crippen LogP contribution in [0.4, 0.5) is 4.79 Å². The van der Waals surface area contributed by atoms with Crippen molar-refractivity contribution in [1.82, 2.24) is 10.2 Å². The van der Waals surface area contributed by atoms with Gasteiger partial charge >= 0.3 is 6.09 Å². The summed E-state index contributed by atoms with van der Waals surface area (Å²) in [4.78, 5) is 27.2. The van der Waals surface area contributed by atoms with Crippen molar-refractivity contribution in [3.63, 3.8) is 0 Å². The van der Waals surface area contributed by atoms with Crippen molar-refractivity contribution in [3.8, 4) is 11.5 Å². The molecule has 6 heteroatoms. The summed E-state index contributed by atoms with van der Waals surface area (Å²) in [7, 11) is 2.19. The van der Waals surface area contributed by atoms with Crippen molar-refractivity contribution in [2.75, 3.05) is 20.1 Å². The molecule has 1 amide bonds. The van der Waals surface area contributed by atoms with Gasteiger partial charge in [-0.05, 0) is 57.3 Å². The van der Waals surface area contributed by atoms with Gasteiger partial charge in [0.15, 0.2) is 23.4 Å². The molecule has 5 rings (SSSR count). The van der Waals surface area contributed by atoms with E-state index in [1.807, 2.05) is 13.0 Å². The molecule has 4 aliphatic rings. The predicted octanol–water partition coefficient (Wildman–Crippen LogP) is 2.03. The third-order valence-electron chi connectivity index (χ3n) is 6.89. The molecular weight excluding hydrogens is 332 g/mol. The van der Waals surface area contributed by atoms with Crippen molar-refractivity contribution in [2.24, 2.45) is 5.92 Å². The molecule has 2 fully saturated rings. The number of carbonyl (C=O) groups is 2. The Balaban J connectivity index is 1.66. The maximum Gasteiger partial charge on any atom is 0.412 e. The highest BCUT2D eigenvalue weighted by atomic mass is 16.6. The Morgan fingerprint density at radius 3 is 3.12 bits per heavy atom. The second-order valence-corrected chi connectivity index (χ2v) is 8.00. The Morgan fingerprint density at radius 2 is 2.31 bits per heavy atom. The van der Waals surface area contributed by atoms with E-state index in [0.29, 0.717) is 36.4 Å². The van der Waals surface area contributed by atoms with Crippen molar-refractivity contribution < 1.29 is 19.1 Å². The third-order valence-corrected chi connectivity index (χ3v) is 6.89. The van der Waals surface area contributed by atoms with Crippen molar-refractivity contribution in [2.45, 2.75) is 50.2 Å². The van der Waals surface area contributed by atoms with E-state index in [4.69, 9.17) is 9.47 Å². The van der Waals surface area contributed by atoms with Crippen LogP contribution in [0.3, 0.4) is 0 Å². The van der Waals surface area contributed by atoms with E-state index in [2.05, 4.69) is 23.3 Å². The van der Waals surface area contributed by atoms with Gasteiger partial charge in [0, 0.05) is 30.0 Å². The molecule has 1 aromatic carbocycles. The second-order valence-electron chi connectivity index (χ2n) is 8.00. The summed E-state index contributed by atoms with van der Waals surface area (Å²) in [5, 5.41) is 2.65. The number of likely N-dealkylation sites (N-methyl/N-ethyl adjacent to an activating group) is 1. The summed E-state index contributed by atoms with van der Waals surface area (Å²) in [6.45, 7) is 3.31. The lowest BCUT2D eigenvalue weighted by molar-refractivity contribution is -0.138. The molecule has 26 heavy (non-hydrogen) atoms. The third kappa shape index (κ3) is 1.91. The van der Waals surface area contributed by atoms with Crippen molar-refractivity contribution in [1.29, 1.82) is 0 Å². The predicted molar refractivity (Wildman–Crippen MR) is 94.7 cm³/mol. The molecular formula is C20H24N2O4. The number of likely N-dealkylation sites (tertiary alicyclic amines) is 1. The summed E-state index contributed by atoms with van der Waals surface area (Å²) < 4.78 is 11.8. The molecule has 4 atom stereocenters. The van der Waals surface area contributed by atoms with Gasteiger partial charge in [-0.15, -0.1) is 0 Å². The molecule has 2 aliphatic carbocycles. The summed E-state index contributed by atoms with van der Waals surface area (Å²) in [6.07, 6.45) is 2.48. The lowest BCUT2D eigenvalue weighted by Gasteiger charge is -2.57. The average Bonchev–Trinajstić information content (AvgIpc) is 2.97. The van der Waals surface area contributed by atoms with E-state index in [1.165, 1.54) is 5.56 Å². The minimum atomic E-state index is -0.486. The number of carbonyl (C=O) groups excluding carboxylic acids is 2.